The van der Waals surface area contributed by atoms with Gasteiger partial charge in [0.25, 0.3) is 0 Å². The molecule has 7 heteroatoms. The van der Waals surface area contributed by atoms with Crippen molar-refractivity contribution < 1.29 is 23.9 Å². The molecule has 2 amide bonds. The molecule has 33 heavy (non-hydrogen) atoms. The number of para-hydroxylation sites is 1. The van der Waals surface area contributed by atoms with Crippen molar-refractivity contribution in [2.24, 2.45) is 11.8 Å². The minimum absolute atomic E-state index is 0.217. The van der Waals surface area contributed by atoms with E-state index in [1.54, 1.807) is 72.8 Å². The zero-order valence-electron chi connectivity index (χ0n) is 17.1. The number of amides is 2. The number of anilines is 1. The highest BCUT2D eigenvalue weighted by molar-refractivity contribution is 9.10. The molecule has 6 rings (SSSR count). The predicted octanol–water partition coefficient (Wildman–Crippen LogP) is 4.14. The van der Waals surface area contributed by atoms with Crippen LogP contribution in [0.15, 0.2) is 83.3 Å². The van der Waals surface area contributed by atoms with Crippen molar-refractivity contribution in [2.45, 2.75) is 11.7 Å². The molecule has 3 aromatic rings. The van der Waals surface area contributed by atoms with E-state index in [0.29, 0.717) is 15.7 Å². The second kappa shape index (κ2) is 7.04. The molecule has 2 heterocycles. The molecule has 6 nitrogen and oxygen atoms in total. The Morgan fingerprint density at radius 1 is 0.727 bits per heavy atom. The van der Waals surface area contributed by atoms with Crippen molar-refractivity contribution in [1.82, 2.24) is 0 Å². The average molecular weight is 502 g/mol. The molecule has 2 saturated heterocycles. The van der Waals surface area contributed by atoms with Gasteiger partial charge in [0.2, 0.25) is 29.0 Å². The van der Waals surface area contributed by atoms with Gasteiger partial charge in [0.1, 0.15) is 0 Å². The monoisotopic (exact) mass is 501 g/mol. The maximum absolute atomic E-state index is 13.8. The molecule has 0 radical (unpaired) electrons. The molecule has 2 aliphatic heterocycles. The van der Waals surface area contributed by atoms with Crippen molar-refractivity contribution in [2.75, 3.05) is 4.90 Å². The van der Waals surface area contributed by atoms with Gasteiger partial charge in [-0.1, -0.05) is 66.7 Å². The van der Waals surface area contributed by atoms with Crippen molar-refractivity contribution in [3.63, 3.8) is 0 Å². The van der Waals surface area contributed by atoms with Crippen LogP contribution in [0.3, 0.4) is 0 Å². The summed E-state index contributed by atoms with van der Waals surface area (Å²) in [6, 6.07) is 22.3. The summed E-state index contributed by atoms with van der Waals surface area (Å²) in [6.45, 7) is 0. The molecule has 0 unspecified atom stereocenters. The number of hydrogen-bond donors (Lipinski definition) is 0. The highest BCUT2D eigenvalue weighted by Gasteiger charge is 2.74. The van der Waals surface area contributed by atoms with E-state index in [1.807, 2.05) is 6.07 Å². The fraction of sp³-hybridized carbons (Fsp3) is 0.154. The third kappa shape index (κ3) is 2.52. The van der Waals surface area contributed by atoms with Crippen molar-refractivity contribution >= 4 is 45.0 Å². The highest BCUT2D eigenvalue weighted by Crippen LogP contribution is 2.58. The minimum Gasteiger partial charge on any atom is -0.349 e. The van der Waals surface area contributed by atoms with Crippen LogP contribution in [-0.2, 0) is 14.3 Å². The number of imide groups is 1. The molecule has 0 bridgehead atoms. The minimum atomic E-state index is -2.06. The number of rotatable bonds is 2. The molecule has 162 valence electrons. The Kier molecular flexibility index (Phi) is 4.31. The van der Waals surface area contributed by atoms with Gasteiger partial charge in [-0.3, -0.25) is 19.2 Å². The van der Waals surface area contributed by atoms with Crippen LogP contribution >= 0.6 is 15.9 Å². The molecule has 3 aliphatic rings. The Bertz CT molecular complexity index is 1330. The Balaban J connectivity index is 1.57. The van der Waals surface area contributed by atoms with Crippen LogP contribution < -0.4 is 4.90 Å². The fourth-order valence-electron chi connectivity index (χ4n) is 5.33. The zero-order valence-corrected chi connectivity index (χ0v) is 18.7. The second-order valence-corrected chi connectivity index (χ2v) is 9.21. The van der Waals surface area contributed by atoms with E-state index in [9.17, 15) is 19.2 Å². The largest absolute Gasteiger partial charge is 0.349 e. The third-order valence-electron chi connectivity index (χ3n) is 6.74. The van der Waals surface area contributed by atoms with Crippen LogP contribution in [0.4, 0.5) is 5.69 Å². The first-order valence-electron chi connectivity index (χ1n) is 10.5. The summed E-state index contributed by atoms with van der Waals surface area (Å²) in [4.78, 5) is 56.0. The van der Waals surface area contributed by atoms with Crippen molar-refractivity contribution in [3.8, 4) is 0 Å². The Morgan fingerprint density at radius 3 is 1.94 bits per heavy atom. The molecule has 0 saturated carbocycles. The van der Waals surface area contributed by atoms with Crippen molar-refractivity contribution in [3.05, 3.63) is 100 Å². The van der Waals surface area contributed by atoms with Gasteiger partial charge < -0.3 is 4.74 Å². The van der Waals surface area contributed by atoms with E-state index in [4.69, 9.17) is 4.74 Å². The lowest BCUT2D eigenvalue weighted by Crippen LogP contribution is -2.51. The lowest BCUT2D eigenvalue weighted by molar-refractivity contribution is -0.127. The van der Waals surface area contributed by atoms with Crippen LogP contribution in [0.5, 0.6) is 0 Å². The van der Waals surface area contributed by atoms with Crippen LogP contribution in [0.25, 0.3) is 0 Å². The number of carbonyl (C=O) groups excluding carboxylic acids is 4. The highest BCUT2D eigenvalue weighted by atomic mass is 79.9. The number of Topliss-reactive ketones (excluding diaryl/α,β-unsaturated/α-hetero) is 2. The summed E-state index contributed by atoms with van der Waals surface area (Å²) in [5, 5.41) is 0. The first-order chi connectivity index (χ1) is 16.0. The SMILES string of the molecule is O=C1[C@H]2[C@H](c3ccccc3)OC3(C(=O)c4ccccc4C3=O)[C@H]2C(=O)N1c1ccccc1Br. The van der Waals surface area contributed by atoms with Crippen LogP contribution in [0.1, 0.15) is 32.4 Å². The summed E-state index contributed by atoms with van der Waals surface area (Å²) < 4.78 is 6.81. The Labute approximate surface area is 197 Å². The Morgan fingerprint density at radius 2 is 1.30 bits per heavy atom. The van der Waals surface area contributed by atoms with E-state index in [0.717, 1.165) is 4.90 Å². The number of ketones is 2. The summed E-state index contributed by atoms with van der Waals surface area (Å²) in [5.74, 6) is -4.48. The second-order valence-electron chi connectivity index (χ2n) is 8.36. The van der Waals surface area contributed by atoms with Gasteiger partial charge >= 0.3 is 0 Å². The summed E-state index contributed by atoms with van der Waals surface area (Å²) in [6.07, 6.45) is -0.914. The number of nitrogens with zero attached hydrogens (tertiary/aromatic N) is 1. The molecule has 1 aliphatic carbocycles. The van der Waals surface area contributed by atoms with E-state index >= 15 is 0 Å². The smallest absolute Gasteiger partial charge is 0.241 e. The summed E-state index contributed by atoms with van der Waals surface area (Å²) in [5.41, 5.74) is -0.614. The molecule has 1 spiro atoms. The van der Waals surface area contributed by atoms with Crippen LogP contribution in [-0.4, -0.2) is 29.0 Å². The van der Waals surface area contributed by atoms with E-state index in [-0.39, 0.29) is 11.1 Å². The first-order valence-corrected chi connectivity index (χ1v) is 11.3. The van der Waals surface area contributed by atoms with Gasteiger partial charge in [-0.2, -0.15) is 0 Å². The predicted molar refractivity (Wildman–Crippen MR) is 122 cm³/mol. The van der Waals surface area contributed by atoms with Crippen LogP contribution in [0, 0.1) is 11.8 Å². The van der Waals surface area contributed by atoms with Crippen molar-refractivity contribution in [1.29, 1.82) is 0 Å². The maximum atomic E-state index is 13.8. The van der Waals surface area contributed by atoms with Gasteiger partial charge in [-0.25, -0.2) is 4.90 Å². The first kappa shape index (κ1) is 20.2. The molecular formula is C26H16BrNO5. The maximum Gasteiger partial charge on any atom is 0.241 e. The summed E-state index contributed by atoms with van der Waals surface area (Å²) in [7, 11) is 0. The fourth-order valence-corrected chi connectivity index (χ4v) is 5.79. The topological polar surface area (TPSA) is 80.8 Å². The van der Waals surface area contributed by atoms with E-state index in [1.165, 1.54) is 0 Å². The molecule has 2 fully saturated rings. The third-order valence-corrected chi connectivity index (χ3v) is 7.41. The number of carbonyl (C=O) groups is 4. The molecule has 0 N–H and O–H groups in total. The molecule has 0 aromatic heterocycles. The number of halogens is 1. The summed E-state index contributed by atoms with van der Waals surface area (Å²) >= 11 is 3.41. The van der Waals surface area contributed by atoms with Gasteiger partial charge in [-0.05, 0) is 33.6 Å². The standard InChI is InChI=1S/C26H16BrNO5/c27-17-12-6-7-13-18(17)28-24(31)19-20(25(28)32)26(33-21(19)14-8-2-1-3-9-14)22(29)15-10-4-5-11-16(15)23(26)30/h1-13,19-21H/t19-,20-,21+/m1/s1. The number of fused-ring (bicyclic) bond motifs is 3. The molecular weight excluding hydrogens is 486 g/mol. The zero-order chi connectivity index (χ0) is 22.9. The molecule has 3 atom stereocenters. The lowest BCUT2D eigenvalue weighted by Gasteiger charge is -2.27. The van der Waals surface area contributed by atoms with Crippen LogP contribution in [0.2, 0.25) is 0 Å². The normalized spacial score (nSPS) is 25.1. The van der Waals surface area contributed by atoms with Gasteiger partial charge in [0, 0.05) is 15.6 Å². The van der Waals surface area contributed by atoms with Gasteiger partial charge in [0.15, 0.2) is 0 Å². The Hall–Kier alpha value is -3.42. The number of ether oxygens (including phenoxy) is 1. The quantitative estimate of drug-likeness (QED) is 0.389. The molecule has 3 aromatic carbocycles. The van der Waals surface area contributed by atoms with Gasteiger partial charge in [-0.15, -0.1) is 0 Å². The number of benzene rings is 3. The van der Waals surface area contributed by atoms with E-state index in [2.05, 4.69) is 15.9 Å². The van der Waals surface area contributed by atoms with Gasteiger partial charge in [0.05, 0.1) is 23.6 Å². The number of hydrogen-bond acceptors (Lipinski definition) is 5. The average Bonchev–Trinajstić information content (AvgIpc) is 3.40. The van der Waals surface area contributed by atoms with E-state index < -0.39 is 46.9 Å². The lowest BCUT2D eigenvalue weighted by atomic mass is 9.77.